The number of halogens is 3. The number of sulfonamides is 1. The molecule has 11 heteroatoms. The lowest BCUT2D eigenvalue weighted by Crippen LogP contribution is -2.51. The summed E-state index contributed by atoms with van der Waals surface area (Å²) in [6.07, 6.45) is 0. The molecule has 0 spiro atoms. The van der Waals surface area contributed by atoms with Crippen LogP contribution >= 0.6 is 34.8 Å². The van der Waals surface area contributed by atoms with Crippen LogP contribution < -0.4 is 9.62 Å². The second-order valence-corrected chi connectivity index (χ2v) is 12.5. The first kappa shape index (κ1) is 30.8. The minimum atomic E-state index is -4.20. The Morgan fingerprint density at radius 1 is 0.872 bits per heavy atom. The molecule has 0 bridgehead atoms. The Bertz CT molecular complexity index is 1420. The Balaban J connectivity index is 2.03. The summed E-state index contributed by atoms with van der Waals surface area (Å²) in [6, 6.07) is 18.1. The van der Waals surface area contributed by atoms with E-state index in [0.29, 0.717) is 17.1 Å². The van der Waals surface area contributed by atoms with Gasteiger partial charge in [0.15, 0.2) is 0 Å². The van der Waals surface area contributed by atoms with Crippen LogP contribution in [0.5, 0.6) is 0 Å². The molecule has 39 heavy (non-hydrogen) atoms. The highest BCUT2D eigenvalue weighted by Crippen LogP contribution is 2.31. The molecule has 1 atom stereocenters. The molecule has 3 aromatic rings. The average molecular weight is 611 g/mol. The van der Waals surface area contributed by atoms with Crippen LogP contribution in [0.3, 0.4) is 0 Å². The highest BCUT2D eigenvalue weighted by atomic mass is 35.5. The van der Waals surface area contributed by atoms with E-state index < -0.39 is 28.5 Å². The molecular weight excluding hydrogens is 581 g/mol. The van der Waals surface area contributed by atoms with Crippen molar-refractivity contribution in [1.82, 2.24) is 10.2 Å². The van der Waals surface area contributed by atoms with Gasteiger partial charge >= 0.3 is 0 Å². The van der Waals surface area contributed by atoms with Gasteiger partial charge in [0, 0.05) is 18.1 Å². The number of nitrogens with one attached hydrogen (secondary N) is 1. The summed E-state index contributed by atoms with van der Waals surface area (Å²) in [6.45, 7) is 5.41. The number of rotatable bonds is 11. The molecule has 0 aromatic heterocycles. The van der Waals surface area contributed by atoms with E-state index in [-0.39, 0.29) is 39.0 Å². The molecule has 0 radical (unpaired) electrons. The van der Waals surface area contributed by atoms with Gasteiger partial charge in [-0.2, -0.15) is 0 Å². The number of carbonyl (C=O) groups excluding carboxylic acids is 2. The van der Waals surface area contributed by atoms with Crippen LogP contribution in [0.2, 0.25) is 15.1 Å². The molecule has 208 valence electrons. The molecule has 3 aromatic carbocycles. The van der Waals surface area contributed by atoms with Crippen molar-refractivity contribution in [3.63, 3.8) is 0 Å². The summed E-state index contributed by atoms with van der Waals surface area (Å²) >= 11 is 18.4. The minimum absolute atomic E-state index is 0.00649. The van der Waals surface area contributed by atoms with Crippen molar-refractivity contribution >= 4 is 62.3 Å². The molecule has 0 aliphatic heterocycles. The van der Waals surface area contributed by atoms with Crippen LogP contribution in [0.4, 0.5) is 5.69 Å². The molecule has 3 rings (SSSR count). The summed E-state index contributed by atoms with van der Waals surface area (Å²) in [5, 5.41) is 3.69. The zero-order valence-corrected chi connectivity index (χ0v) is 24.9. The van der Waals surface area contributed by atoms with E-state index in [1.54, 1.807) is 49.4 Å². The second kappa shape index (κ2) is 13.5. The van der Waals surface area contributed by atoms with Crippen LogP contribution in [0.15, 0.2) is 77.7 Å². The Morgan fingerprint density at radius 2 is 1.56 bits per heavy atom. The molecule has 0 unspecified atom stereocenters. The van der Waals surface area contributed by atoms with Crippen molar-refractivity contribution in [3.8, 4) is 0 Å². The third-order valence-electron chi connectivity index (χ3n) is 5.90. The first-order valence-electron chi connectivity index (χ1n) is 12.2. The van der Waals surface area contributed by atoms with Gasteiger partial charge in [0.05, 0.1) is 20.6 Å². The number of benzene rings is 3. The zero-order chi connectivity index (χ0) is 28.7. The lowest BCUT2D eigenvalue weighted by atomic mass is 10.1. The normalized spacial score (nSPS) is 12.2. The van der Waals surface area contributed by atoms with Gasteiger partial charge in [-0.3, -0.25) is 13.9 Å². The quantitative estimate of drug-likeness (QED) is 0.287. The van der Waals surface area contributed by atoms with E-state index in [4.69, 9.17) is 34.8 Å². The molecule has 2 amide bonds. The van der Waals surface area contributed by atoms with Gasteiger partial charge < -0.3 is 10.2 Å². The third-order valence-corrected chi connectivity index (χ3v) is 8.66. The van der Waals surface area contributed by atoms with Crippen molar-refractivity contribution in [2.45, 2.75) is 38.3 Å². The lowest BCUT2D eigenvalue weighted by Gasteiger charge is -2.32. The van der Waals surface area contributed by atoms with Crippen LogP contribution in [0.1, 0.15) is 26.3 Å². The highest BCUT2D eigenvalue weighted by molar-refractivity contribution is 7.92. The summed E-state index contributed by atoms with van der Waals surface area (Å²) in [7, 11) is -4.20. The van der Waals surface area contributed by atoms with Crippen molar-refractivity contribution in [2.24, 2.45) is 5.92 Å². The van der Waals surface area contributed by atoms with Crippen LogP contribution in [-0.2, 0) is 26.2 Å². The number of hydrogen-bond donors (Lipinski definition) is 1. The Labute approximate surface area is 244 Å². The average Bonchev–Trinajstić information content (AvgIpc) is 2.90. The maximum Gasteiger partial charge on any atom is 0.264 e. The Hall–Kier alpha value is -2.78. The molecule has 7 nitrogen and oxygen atoms in total. The molecule has 0 fully saturated rings. The molecule has 0 aliphatic carbocycles. The van der Waals surface area contributed by atoms with Crippen LogP contribution in [0, 0.1) is 5.92 Å². The Kier molecular flexibility index (Phi) is 10.7. The maximum atomic E-state index is 13.9. The van der Waals surface area contributed by atoms with Gasteiger partial charge in [-0.05, 0) is 60.9 Å². The van der Waals surface area contributed by atoms with Crippen LogP contribution in [-0.4, -0.2) is 44.3 Å². The SMILES string of the molecule is CC(C)CNC(=O)[C@H](C)N(Cc1cccc(Cl)c1)C(=O)CN(c1ccc(Cl)c(Cl)c1)S(=O)(=O)c1ccccc1. The summed E-state index contributed by atoms with van der Waals surface area (Å²) in [4.78, 5) is 28.2. The molecular formula is C28H30Cl3N3O4S. The summed E-state index contributed by atoms with van der Waals surface area (Å²) < 4.78 is 28.5. The van der Waals surface area contributed by atoms with Gasteiger partial charge in [-0.1, -0.05) is 79.0 Å². The number of nitrogens with zero attached hydrogens (tertiary/aromatic N) is 2. The van der Waals surface area contributed by atoms with Crippen molar-refractivity contribution in [1.29, 1.82) is 0 Å². The summed E-state index contributed by atoms with van der Waals surface area (Å²) in [5.41, 5.74) is 0.840. The largest absolute Gasteiger partial charge is 0.354 e. The first-order valence-corrected chi connectivity index (χ1v) is 14.8. The molecule has 1 N–H and O–H groups in total. The van der Waals surface area contributed by atoms with E-state index >= 15 is 0 Å². The lowest BCUT2D eigenvalue weighted by molar-refractivity contribution is -0.139. The van der Waals surface area contributed by atoms with Crippen molar-refractivity contribution in [2.75, 3.05) is 17.4 Å². The second-order valence-electron chi connectivity index (χ2n) is 9.39. The van der Waals surface area contributed by atoms with Crippen molar-refractivity contribution < 1.29 is 18.0 Å². The van der Waals surface area contributed by atoms with E-state index in [0.717, 1.165) is 4.31 Å². The fourth-order valence-electron chi connectivity index (χ4n) is 3.76. The van der Waals surface area contributed by atoms with E-state index in [1.165, 1.54) is 35.2 Å². The number of amides is 2. The smallest absolute Gasteiger partial charge is 0.264 e. The topological polar surface area (TPSA) is 86.8 Å². The highest BCUT2D eigenvalue weighted by Gasteiger charge is 2.32. The van der Waals surface area contributed by atoms with Crippen molar-refractivity contribution in [3.05, 3.63) is 93.4 Å². The van der Waals surface area contributed by atoms with Gasteiger partial charge in [0.2, 0.25) is 11.8 Å². The molecule has 0 saturated carbocycles. The number of carbonyl (C=O) groups is 2. The van der Waals surface area contributed by atoms with E-state index in [9.17, 15) is 18.0 Å². The predicted octanol–water partition coefficient (Wildman–Crippen LogP) is 6.03. The van der Waals surface area contributed by atoms with E-state index in [2.05, 4.69) is 5.32 Å². The fourth-order valence-corrected chi connectivity index (χ4v) is 5.69. The first-order chi connectivity index (χ1) is 18.4. The zero-order valence-electron chi connectivity index (χ0n) is 21.8. The third kappa shape index (κ3) is 8.11. The molecule has 0 saturated heterocycles. The van der Waals surface area contributed by atoms with E-state index in [1.807, 2.05) is 13.8 Å². The monoisotopic (exact) mass is 609 g/mol. The molecule has 0 aliphatic rings. The fraction of sp³-hybridized carbons (Fsp3) is 0.286. The van der Waals surface area contributed by atoms with Gasteiger partial charge in [0.25, 0.3) is 10.0 Å². The Morgan fingerprint density at radius 3 is 2.18 bits per heavy atom. The van der Waals surface area contributed by atoms with Crippen LogP contribution in [0.25, 0.3) is 0 Å². The van der Waals surface area contributed by atoms with Gasteiger partial charge in [-0.15, -0.1) is 0 Å². The van der Waals surface area contributed by atoms with Gasteiger partial charge in [0.1, 0.15) is 12.6 Å². The number of anilines is 1. The summed E-state index contributed by atoms with van der Waals surface area (Å²) in [5.74, 6) is -0.738. The minimum Gasteiger partial charge on any atom is -0.354 e. The maximum absolute atomic E-state index is 13.9. The predicted molar refractivity (Wildman–Crippen MR) is 157 cm³/mol. The number of hydrogen-bond acceptors (Lipinski definition) is 4. The standard InChI is InChI=1S/C28H30Cl3N3O4S/c1-19(2)16-32-28(36)20(3)33(17-21-8-7-9-22(29)14-21)27(35)18-34(23-12-13-25(30)26(31)15-23)39(37,38)24-10-5-4-6-11-24/h4-15,19-20H,16-18H2,1-3H3,(H,32,36)/t20-/m0/s1. The molecule has 0 heterocycles. The van der Waals surface area contributed by atoms with Gasteiger partial charge in [-0.25, -0.2) is 8.42 Å².